The summed E-state index contributed by atoms with van der Waals surface area (Å²) in [5.41, 5.74) is 2.27. The molecule has 1 unspecified atom stereocenters. The number of rotatable bonds is 3. The van der Waals surface area contributed by atoms with E-state index in [0.29, 0.717) is 13.2 Å². The molecule has 0 amide bonds. The predicted octanol–water partition coefficient (Wildman–Crippen LogP) is 2.16. The van der Waals surface area contributed by atoms with Crippen LogP contribution in [0.3, 0.4) is 0 Å². The second kappa shape index (κ2) is 5.28. The minimum Gasteiger partial charge on any atom is -0.486 e. The molecule has 1 N–H and O–H groups in total. The van der Waals surface area contributed by atoms with Crippen molar-refractivity contribution in [2.24, 2.45) is 0 Å². The molecule has 0 fully saturated rings. The highest BCUT2D eigenvalue weighted by Gasteiger charge is 2.17. The van der Waals surface area contributed by atoms with Gasteiger partial charge in [-0.25, -0.2) is 0 Å². The summed E-state index contributed by atoms with van der Waals surface area (Å²) in [5.74, 6) is 1.63. The van der Waals surface area contributed by atoms with Crippen LogP contribution < -0.4 is 14.8 Å². The first-order valence-electron chi connectivity index (χ1n) is 6.35. The van der Waals surface area contributed by atoms with Crippen LogP contribution in [0.5, 0.6) is 11.5 Å². The zero-order valence-corrected chi connectivity index (χ0v) is 10.8. The Labute approximate surface area is 112 Å². The fourth-order valence-corrected chi connectivity index (χ4v) is 2.31. The van der Waals surface area contributed by atoms with Gasteiger partial charge in [0.2, 0.25) is 0 Å². The largest absolute Gasteiger partial charge is 0.486 e. The van der Waals surface area contributed by atoms with E-state index < -0.39 is 0 Å². The molecule has 3 rings (SSSR count). The highest BCUT2D eigenvalue weighted by molar-refractivity contribution is 5.46. The fraction of sp³-hybridized carbons (Fsp3) is 0.267. The normalized spacial score (nSPS) is 15.0. The van der Waals surface area contributed by atoms with Gasteiger partial charge in [0, 0.05) is 12.4 Å². The van der Waals surface area contributed by atoms with Crippen molar-refractivity contribution in [1.82, 2.24) is 10.3 Å². The van der Waals surface area contributed by atoms with Gasteiger partial charge < -0.3 is 14.8 Å². The van der Waals surface area contributed by atoms with Crippen LogP contribution in [0.2, 0.25) is 0 Å². The molecule has 0 saturated carbocycles. The van der Waals surface area contributed by atoms with Gasteiger partial charge in [-0.15, -0.1) is 0 Å². The molecule has 1 aromatic heterocycles. The Kier molecular flexibility index (Phi) is 3.33. The second-order valence-corrected chi connectivity index (χ2v) is 4.41. The third-order valence-electron chi connectivity index (χ3n) is 3.21. The number of aromatic nitrogens is 1. The quantitative estimate of drug-likeness (QED) is 0.914. The van der Waals surface area contributed by atoms with Crippen molar-refractivity contribution in [3.8, 4) is 11.5 Å². The monoisotopic (exact) mass is 256 g/mol. The zero-order valence-electron chi connectivity index (χ0n) is 10.8. The zero-order chi connectivity index (χ0) is 13.1. The summed E-state index contributed by atoms with van der Waals surface area (Å²) in [6, 6.07) is 10.2. The molecule has 0 aliphatic carbocycles. The van der Waals surface area contributed by atoms with Crippen molar-refractivity contribution in [3.05, 3.63) is 53.9 Å². The Bertz CT molecular complexity index is 557. The lowest BCUT2D eigenvalue weighted by Crippen LogP contribution is -2.19. The Morgan fingerprint density at radius 2 is 1.95 bits per heavy atom. The van der Waals surface area contributed by atoms with Gasteiger partial charge in [0.05, 0.1) is 6.04 Å². The molecule has 1 aliphatic rings. The molecule has 19 heavy (non-hydrogen) atoms. The molecule has 0 radical (unpaired) electrons. The standard InChI is InChI=1S/C15H16N2O2/c1-16-15(12-3-2-6-17-10-12)11-4-5-13-14(9-11)19-8-7-18-13/h2-6,9-10,15-16H,7-8H2,1H3. The average molecular weight is 256 g/mol. The maximum Gasteiger partial charge on any atom is 0.161 e. The molecule has 1 aromatic carbocycles. The summed E-state index contributed by atoms with van der Waals surface area (Å²) >= 11 is 0. The van der Waals surface area contributed by atoms with Crippen LogP contribution in [0.25, 0.3) is 0 Å². The van der Waals surface area contributed by atoms with Crippen LogP contribution in [0.1, 0.15) is 17.2 Å². The van der Waals surface area contributed by atoms with Gasteiger partial charge in [0.25, 0.3) is 0 Å². The summed E-state index contributed by atoms with van der Waals surface area (Å²) in [4.78, 5) is 4.17. The van der Waals surface area contributed by atoms with E-state index in [1.165, 1.54) is 0 Å². The van der Waals surface area contributed by atoms with Gasteiger partial charge in [-0.1, -0.05) is 12.1 Å². The summed E-state index contributed by atoms with van der Waals surface area (Å²) in [5, 5.41) is 3.31. The Morgan fingerprint density at radius 3 is 2.68 bits per heavy atom. The third kappa shape index (κ3) is 2.39. The van der Waals surface area contributed by atoms with E-state index >= 15 is 0 Å². The number of ether oxygens (including phenoxy) is 2. The van der Waals surface area contributed by atoms with Gasteiger partial charge in [0.15, 0.2) is 11.5 Å². The van der Waals surface area contributed by atoms with Crippen LogP contribution in [-0.4, -0.2) is 25.2 Å². The molecular weight excluding hydrogens is 240 g/mol. The molecule has 0 spiro atoms. The first-order chi connectivity index (χ1) is 9.38. The molecule has 4 nitrogen and oxygen atoms in total. The van der Waals surface area contributed by atoms with Crippen LogP contribution in [0, 0.1) is 0 Å². The molecule has 2 aromatic rings. The Balaban J connectivity index is 1.96. The molecule has 2 heterocycles. The first kappa shape index (κ1) is 12.0. The van der Waals surface area contributed by atoms with Gasteiger partial charge in [-0.3, -0.25) is 4.98 Å². The van der Waals surface area contributed by atoms with Crippen molar-refractivity contribution in [3.63, 3.8) is 0 Å². The molecule has 1 aliphatic heterocycles. The van der Waals surface area contributed by atoms with Crippen LogP contribution in [-0.2, 0) is 0 Å². The Morgan fingerprint density at radius 1 is 1.11 bits per heavy atom. The number of pyridine rings is 1. The lowest BCUT2D eigenvalue weighted by atomic mass is 10.00. The second-order valence-electron chi connectivity index (χ2n) is 4.41. The summed E-state index contributed by atoms with van der Waals surface area (Å²) < 4.78 is 11.2. The highest BCUT2D eigenvalue weighted by Crippen LogP contribution is 2.34. The summed E-state index contributed by atoms with van der Waals surface area (Å²) in [6.07, 6.45) is 3.65. The third-order valence-corrected chi connectivity index (χ3v) is 3.21. The minimum atomic E-state index is 0.101. The molecule has 1 atom stereocenters. The van der Waals surface area contributed by atoms with Crippen molar-refractivity contribution in [2.45, 2.75) is 6.04 Å². The summed E-state index contributed by atoms with van der Waals surface area (Å²) in [7, 11) is 1.94. The van der Waals surface area contributed by atoms with Crippen LogP contribution in [0.15, 0.2) is 42.7 Å². The first-order valence-corrected chi connectivity index (χ1v) is 6.35. The van der Waals surface area contributed by atoms with Crippen molar-refractivity contribution in [2.75, 3.05) is 20.3 Å². The van der Waals surface area contributed by atoms with E-state index in [1.54, 1.807) is 6.20 Å². The number of fused-ring (bicyclic) bond motifs is 1. The van der Waals surface area contributed by atoms with Crippen LogP contribution >= 0.6 is 0 Å². The van der Waals surface area contributed by atoms with Gasteiger partial charge in [-0.2, -0.15) is 0 Å². The smallest absolute Gasteiger partial charge is 0.161 e. The topological polar surface area (TPSA) is 43.4 Å². The van der Waals surface area contributed by atoms with Crippen molar-refractivity contribution in [1.29, 1.82) is 0 Å². The van der Waals surface area contributed by atoms with E-state index in [4.69, 9.17) is 9.47 Å². The number of benzene rings is 1. The lowest BCUT2D eigenvalue weighted by Gasteiger charge is -2.22. The number of hydrogen-bond acceptors (Lipinski definition) is 4. The number of nitrogens with one attached hydrogen (secondary N) is 1. The van der Waals surface area contributed by atoms with Crippen molar-refractivity contribution >= 4 is 0 Å². The average Bonchev–Trinajstić information content (AvgIpc) is 2.49. The maximum atomic E-state index is 5.63. The highest BCUT2D eigenvalue weighted by atomic mass is 16.6. The van der Waals surface area contributed by atoms with E-state index in [9.17, 15) is 0 Å². The molecule has 4 heteroatoms. The fourth-order valence-electron chi connectivity index (χ4n) is 2.31. The lowest BCUT2D eigenvalue weighted by molar-refractivity contribution is 0.171. The van der Waals surface area contributed by atoms with Gasteiger partial charge in [-0.05, 0) is 36.4 Å². The van der Waals surface area contributed by atoms with Crippen molar-refractivity contribution < 1.29 is 9.47 Å². The predicted molar refractivity (Wildman–Crippen MR) is 72.6 cm³/mol. The van der Waals surface area contributed by atoms with E-state index in [-0.39, 0.29) is 6.04 Å². The molecule has 0 saturated heterocycles. The number of hydrogen-bond donors (Lipinski definition) is 1. The molecular formula is C15H16N2O2. The maximum absolute atomic E-state index is 5.63. The minimum absolute atomic E-state index is 0.101. The van der Waals surface area contributed by atoms with Crippen LogP contribution in [0.4, 0.5) is 0 Å². The van der Waals surface area contributed by atoms with Gasteiger partial charge >= 0.3 is 0 Å². The van der Waals surface area contributed by atoms with E-state index in [2.05, 4.69) is 22.4 Å². The van der Waals surface area contributed by atoms with E-state index in [0.717, 1.165) is 22.6 Å². The molecule has 98 valence electrons. The Hall–Kier alpha value is -2.07. The summed E-state index contributed by atoms with van der Waals surface area (Å²) in [6.45, 7) is 1.22. The molecule has 0 bridgehead atoms. The van der Waals surface area contributed by atoms with E-state index in [1.807, 2.05) is 31.4 Å². The number of nitrogens with zero attached hydrogens (tertiary/aromatic N) is 1. The van der Waals surface area contributed by atoms with Gasteiger partial charge in [0.1, 0.15) is 13.2 Å². The SMILES string of the molecule is CNC(c1cccnc1)c1ccc2c(c1)OCCO2.